The van der Waals surface area contributed by atoms with E-state index in [0.717, 1.165) is 5.56 Å². The van der Waals surface area contributed by atoms with Gasteiger partial charge in [-0.15, -0.1) is 0 Å². The molecule has 2 N–H and O–H groups in total. The Hall–Kier alpha value is -2.57. The summed E-state index contributed by atoms with van der Waals surface area (Å²) in [6.07, 6.45) is 1.12. The van der Waals surface area contributed by atoms with E-state index >= 15 is 0 Å². The van der Waals surface area contributed by atoms with Gasteiger partial charge in [0.2, 0.25) is 11.8 Å². The third kappa shape index (κ3) is 6.92. The SMILES string of the molecule is CC(C)Oc1cccc(C=NNC(=O)CC(=O)Nc2cccc(Cl)c2Cl)c1. The van der Waals surface area contributed by atoms with E-state index in [-0.39, 0.29) is 11.1 Å². The van der Waals surface area contributed by atoms with E-state index in [1.165, 1.54) is 6.21 Å². The van der Waals surface area contributed by atoms with Gasteiger partial charge in [-0.3, -0.25) is 9.59 Å². The van der Waals surface area contributed by atoms with Crippen LogP contribution in [0.4, 0.5) is 5.69 Å². The molecule has 0 fully saturated rings. The molecule has 2 amide bonds. The number of carbonyl (C=O) groups is 2. The van der Waals surface area contributed by atoms with Crippen molar-refractivity contribution >= 4 is 46.9 Å². The fourth-order valence-electron chi connectivity index (χ4n) is 2.10. The Labute approximate surface area is 167 Å². The molecule has 0 aliphatic carbocycles. The third-order valence-corrected chi connectivity index (χ3v) is 4.00. The number of ether oxygens (including phenoxy) is 1. The summed E-state index contributed by atoms with van der Waals surface area (Å²) < 4.78 is 5.59. The standard InChI is InChI=1S/C19H19Cl2N3O3/c1-12(2)27-14-6-3-5-13(9-14)11-22-24-18(26)10-17(25)23-16-8-4-7-15(20)19(16)21/h3-9,11-12H,10H2,1-2H3,(H,23,25)(H,24,26). The molecule has 0 aromatic heterocycles. The van der Waals surface area contributed by atoms with Crippen LogP contribution >= 0.6 is 23.2 Å². The molecule has 0 aliphatic rings. The Morgan fingerprint density at radius 1 is 1.15 bits per heavy atom. The van der Waals surface area contributed by atoms with Crippen LogP contribution in [-0.4, -0.2) is 24.1 Å². The topological polar surface area (TPSA) is 79.8 Å². The van der Waals surface area contributed by atoms with Gasteiger partial charge < -0.3 is 10.1 Å². The lowest BCUT2D eigenvalue weighted by molar-refractivity contribution is -0.126. The number of rotatable bonds is 7. The summed E-state index contributed by atoms with van der Waals surface area (Å²) in [5, 5.41) is 6.91. The maximum atomic E-state index is 11.9. The summed E-state index contributed by atoms with van der Waals surface area (Å²) in [5.74, 6) is -0.381. The first-order chi connectivity index (χ1) is 12.8. The molecular formula is C19H19Cl2N3O3. The largest absolute Gasteiger partial charge is 0.491 e. The van der Waals surface area contributed by atoms with Gasteiger partial charge >= 0.3 is 0 Å². The van der Waals surface area contributed by atoms with Gasteiger partial charge in [-0.05, 0) is 43.7 Å². The first-order valence-corrected chi connectivity index (χ1v) is 8.93. The average molecular weight is 408 g/mol. The van der Waals surface area contributed by atoms with Crippen LogP contribution in [-0.2, 0) is 9.59 Å². The molecule has 27 heavy (non-hydrogen) atoms. The smallest absolute Gasteiger partial charge is 0.249 e. The maximum absolute atomic E-state index is 11.9. The highest BCUT2D eigenvalue weighted by atomic mass is 35.5. The van der Waals surface area contributed by atoms with Gasteiger partial charge in [0.15, 0.2) is 0 Å². The lowest BCUT2D eigenvalue weighted by atomic mass is 10.2. The first kappa shape index (κ1) is 20.7. The van der Waals surface area contributed by atoms with Crippen LogP contribution in [0.5, 0.6) is 5.75 Å². The van der Waals surface area contributed by atoms with Crippen LogP contribution in [0, 0.1) is 0 Å². The van der Waals surface area contributed by atoms with E-state index in [2.05, 4.69) is 15.8 Å². The highest BCUT2D eigenvalue weighted by molar-refractivity contribution is 6.44. The molecule has 2 aromatic rings. The van der Waals surface area contributed by atoms with Crippen molar-refractivity contribution in [1.29, 1.82) is 0 Å². The zero-order valence-electron chi connectivity index (χ0n) is 14.8. The van der Waals surface area contributed by atoms with Crippen LogP contribution in [0.3, 0.4) is 0 Å². The molecule has 6 nitrogen and oxygen atoms in total. The molecule has 0 saturated carbocycles. The number of hydrogen-bond donors (Lipinski definition) is 2. The molecule has 0 atom stereocenters. The Balaban J connectivity index is 1.86. The summed E-state index contributed by atoms with van der Waals surface area (Å²) in [6, 6.07) is 12.1. The minimum absolute atomic E-state index is 0.0587. The Kier molecular flexibility index (Phi) is 7.64. The highest BCUT2D eigenvalue weighted by Crippen LogP contribution is 2.29. The van der Waals surface area contributed by atoms with Gasteiger partial charge in [0.1, 0.15) is 12.2 Å². The van der Waals surface area contributed by atoms with E-state index in [4.69, 9.17) is 27.9 Å². The van der Waals surface area contributed by atoms with Gasteiger partial charge in [-0.2, -0.15) is 5.10 Å². The quantitative estimate of drug-likeness (QED) is 0.408. The van der Waals surface area contributed by atoms with Crippen LogP contribution in [0.2, 0.25) is 10.0 Å². The summed E-state index contributed by atoms with van der Waals surface area (Å²) in [7, 11) is 0. The highest BCUT2D eigenvalue weighted by Gasteiger charge is 2.12. The molecule has 0 spiro atoms. The number of nitrogens with one attached hydrogen (secondary N) is 2. The zero-order valence-corrected chi connectivity index (χ0v) is 16.3. The van der Waals surface area contributed by atoms with Crippen LogP contribution < -0.4 is 15.5 Å². The molecular weight excluding hydrogens is 389 g/mol. The average Bonchev–Trinajstić information content (AvgIpc) is 2.58. The minimum Gasteiger partial charge on any atom is -0.491 e. The van der Waals surface area contributed by atoms with Gasteiger partial charge in [0.05, 0.1) is 28.1 Å². The number of nitrogens with zero attached hydrogens (tertiary/aromatic N) is 1. The Bertz CT molecular complexity index is 854. The second-order valence-electron chi connectivity index (χ2n) is 5.86. The van der Waals surface area contributed by atoms with Gasteiger partial charge in [-0.1, -0.05) is 41.4 Å². The van der Waals surface area contributed by atoms with Gasteiger partial charge in [0, 0.05) is 0 Å². The molecule has 2 rings (SSSR count). The fourth-order valence-corrected chi connectivity index (χ4v) is 2.45. The molecule has 0 aliphatic heterocycles. The van der Waals surface area contributed by atoms with Crippen molar-refractivity contribution in [1.82, 2.24) is 5.43 Å². The first-order valence-electron chi connectivity index (χ1n) is 8.17. The monoisotopic (exact) mass is 407 g/mol. The molecule has 2 aromatic carbocycles. The van der Waals surface area contributed by atoms with Crippen molar-refractivity contribution < 1.29 is 14.3 Å². The zero-order chi connectivity index (χ0) is 19.8. The van der Waals surface area contributed by atoms with Crippen molar-refractivity contribution in [2.24, 2.45) is 5.10 Å². The lowest BCUT2D eigenvalue weighted by Crippen LogP contribution is -2.24. The van der Waals surface area contributed by atoms with Crippen molar-refractivity contribution in [3.8, 4) is 5.75 Å². The number of carbonyl (C=O) groups excluding carboxylic acids is 2. The van der Waals surface area contributed by atoms with Crippen molar-refractivity contribution in [3.05, 3.63) is 58.1 Å². The number of halogens is 2. The van der Waals surface area contributed by atoms with Crippen LogP contribution in [0.1, 0.15) is 25.8 Å². The number of benzene rings is 2. The van der Waals surface area contributed by atoms with Crippen molar-refractivity contribution in [2.45, 2.75) is 26.4 Å². The number of hydrogen-bond acceptors (Lipinski definition) is 4. The lowest BCUT2D eigenvalue weighted by Gasteiger charge is -2.09. The number of amides is 2. The molecule has 0 bridgehead atoms. The van der Waals surface area contributed by atoms with E-state index < -0.39 is 18.2 Å². The van der Waals surface area contributed by atoms with Crippen molar-refractivity contribution in [3.63, 3.8) is 0 Å². The van der Waals surface area contributed by atoms with E-state index in [1.54, 1.807) is 24.3 Å². The predicted molar refractivity (Wildman–Crippen MR) is 108 cm³/mol. The minimum atomic E-state index is -0.559. The fraction of sp³-hybridized carbons (Fsp3) is 0.211. The summed E-state index contributed by atoms with van der Waals surface area (Å²) in [5.41, 5.74) is 3.40. The van der Waals surface area contributed by atoms with E-state index in [1.807, 2.05) is 32.0 Å². The molecule has 0 unspecified atom stereocenters. The second-order valence-corrected chi connectivity index (χ2v) is 6.64. The van der Waals surface area contributed by atoms with Crippen molar-refractivity contribution in [2.75, 3.05) is 5.32 Å². The number of anilines is 1. The third-order valence-electron chi connectivity index (χ3n) is 3.18. The van der Waals surface area contributed by atoms with Gasteiger partial charge in [-0.25, -0.2) is 5.43 Å². The second kappa shape index (κ2) is 9.94. The summed E-state index contributed by atoms with van der Waals surface area (Å²) in [4.78, 5) is 23.8. The van der Waals surface area contributed by atoms with Crippen LogP contribution in [0.25, 0.3) is 0 Å². The van der Waals surface area contributed by atoms with Crippen LogP contribution in [0.15, 0.2) is 47.6 Å². The molecule has 0 radical (unpaired) electrons. The number of hydrazone groups is 1. The molecule has 0 heterocycles. The predicted octanol–water partition coefficient (Wildman–Crippen LogP) is 4.26. The molecule has 8 heteroatoms. The maximum Gasteiger partial charge on any atom is 0.249 e. The molecule has 0 saturated heterocycles. The van der Waals surface area contributed by atoms with E-state index in [9.17, 15) is 9.59 Å². The Morgan fingerprint density at radius 2 is 1.89 bits per heavy atom. The van der Waals surface area contributed by atoms with E-state index in [0.29, 0.717) is 16.5 Å². The Morgan fingerprint density at radius 3 is 2.63 bits per heavy atom. The molecule has 142 valence electrons. The normalized spacial score (nSPS) is 10.9. The summed E-state index contributed by atoms with van der Waals surface area (Å²) in [6.45, 7) is 3.87. The summed E-state index contributed by atoms with van der Waals surface area (Å²) >= 11 is 11.9. The van der Waals surface area contributed by atoms with Gasteiger partial charge in [0.25, 0.3) is 0 Å².